The van der Waals surface area contributed by atoms with E-state index in [1.54, 1.807) is 6.07 Å². The fraction of sp³-hybridized carbons (Fsp3) is 0.294. The minimum Gasteiger partial charge on any atom is -0.396 e. The number of carbonyl (C=O) groups is 1. The lowest BCUT2D eigenvalue weighted by Crippen LogP contribution is -2.35. The summed E-state index contributed by atoms with van der Waals surface area (Å²) < 4.78 is 0. The van der Waals surface area contributed by atoms with Crippen LogP contribution in [0.5, 0.6) is 0 Å². The zero-order chi connectivity index (χ0) is 15.6. The first kappa shape index (κ1) is 14.5. The molecule has 1 heterocycles. The van der Waals surface area contributed by atoms with Crippen molar-refractivity contribution in [2.45, 2.75) is 12.8 Å². The summed E-state index contributed by atoms with van der Waals surface area (Å²) in [4.78, 5) is 26.9. The Kier molecular flexibility index (Phi) is 3.81. The Morgan fingerprint density at radius 1 is 1.18 bits per heavy atom. The maximum Gasteiger partial charge on any atom is 0.261 e. The normalized spacial score (nSPS) is 15.3. The van der Waals surface area contributed by atoms with Gasteiger partial charge in [-0.25, -0.2) is 0 Å². The van der Waals surface area contributed by atoms with Crippen LogP contribution in [-0.4, -0.2) is 29.1 Å². The third-order valence-corrected chi connectivity index (χ3v) is 4.16. The molecule has 1 fully saturated rings. The van der Waals surface area contributed by atoms with Crippen molar-refractivity contribution in [3.63, 3.8) is 0 Å². The Morgan fingerprint density at radius 3 is 2.50 bits per heavy atom. The molecule has 0 aliphatic heterocycles. The Labute approximate surface area is 128 Å². The molecule has 0 unspecified atom stereocenters. The predicted octanol–water partition coefficient (Wildman–Crippen LogP) is 1.54. The fourth-order valence-corrected chi connectivity index (χ4v) is 2.37. The molecule has 0 spiro atoms. The second kappa shape index (κ2) is 5.77. The number of aromatic nitrogens is 1. The second-order valence-corrected chi connectivity index (χ2v) is 5.82. The van der Waals surface area contributed by atoms with Crippen LogP contribution in [-0.2, 0) is 0 Å². The van der Waals surface area contributed by atoms with Crippen molar-refractivity contribution in [3.05, 3.63) is 58.4 Å². The lowest BCUT2D eigenvalue weighted by molar-refractivity contribution is 0.0933. The van der Waals surface area contributed by atoms with E-state index in [1.165, 1.54) is 6.07 Å². The van der Waals surface area contributed by atoms with Crippen LogP contribution in [0.4, 0.5) is 0 Å². The van der Waals surface area contributed by atoms with Crippen molar-refractivity contribution >= 4 is 5.91 Å². The average Bonchev–Trinajstić information content (AvgIpc) is 3.34. The van der Waals surface area contributed by atoms with E-state index in [9.17, 15) is 14.7 Å². The quantitative estimate of drug-likeness (QED) is 0.783. The predicted molar refractivity (Wildman–Crippen MR) is 83.6 cm³/mol. The largest absolute Gasteiger partial charge is 0.396 e. The van der Waals surface area contributed by atoms with E-state index in [0.29, 0.717) is 12.2 Å². The van der Waals surface area contributed by atoms with Crippen LogP contribution in [0, 0.1) is 5.41 Å². The SMILES string of the molecule is O=C(NCC1(CO)CC1)c1ccc(-c2ccccc2)[nH]c1=O. The number of benzene rings is 1. The molecule has 1 aliphatic rings. The van der Waals surface area contributed by atoms with Crippen LogP contribution in [0.1, 0.15) is 23.2 Å². The van der Waals surface area contributed by atoms with Crippen molar-refractivity contribution in [2.24, 2.45) is 5.41 Å². The fourth-order valence-electron chi connectivity index (χ4n) is 2.37. The molecule has 1 amide bonds. The van der Waals surface area contributed by atoms with Crippen LogP contribution in [0.15, 0.2) is 47.3 Å². The smallest absolute Gasteiger partial charge is 0.261 e. The lowest BCUT2D eigenvalue weighted by atomic mass is 10.1. The average molecular weight is 298 g/mol. The standard InChI is InChI=1S/C17H18N2O3/c20-11-17(8-9-17)10-18-15(21)13-6-7-14(19-16(13)22)12-4-2-1-3-5-12/h1-7,20H,8-11H2,(H,18,21)(H,19,22). The minimum atomic E-state index is -0.410. The first-order chi connectivity index (χ1) is 10.6. The summed E-state index contributed by atoms with van der Waals surface area (Å²) in [6.07, 6.45) is 1.82. The molecule has 5 heteroatoms. The van der Waals surface area contributed by atoms with E-state index < -0.39 is 11.5 Å². The summed E-state index contributed by atoms with van der Waals surface area (Å²) in [5, 5.41) is 12.0. The highest BCUT2D eigenvalue weighted by Crippen LogP contribution is 2.44. The number of aromatic amines is 1. The molecule has 3 N–H and O–H groups in total. The third-order valence-electron chi connectivity index (χ3n) is 4.16. The molecule has 0 radical (unpaired) electrons. The van der Waals surface area contributed by atoms with Gasteiger partial charge in [0.25, 0.3) is 11.5 Å². The molecular formula is C17H18N2O3. The second-order valence-electron chi connectivity index (χ2n) is 5.82. The van der Waals surface area contributed by atoms with Gasteiger partial charge in [0.05, 0.1) is 6.61 Å². The van der Waals surface area contributed by atoms with Gasteiger partial charge in [-0.2, -0.15) is 0 Å². The number of hydrogen-bond donors (Lipinski definition) is 3. The molecule has 1 saturated carbocycles. The van der Waals surface area contributed by atoms with Crippen LogP contribution in [0.2, 0.25) is 0 Å². The number of pyridine rings is 1. The molecule has 1 aliphatic carbocycles. The molecule has 114 valence electrons. The summed E-state index contributed by atoms with van der Waals surface area (Å²) in [6.45, 7) is 0.471. The first-order valence-corrected chi connectivity index (χ1v) is 7.31. The molecule has 5 nitrogen and oxygen atoms in total. The lowest BCUT2D eigenvalue weighted by Gasteiger charge is -2.12. The van der Waals surface area contributed by atoms with Crippen LogP contribution in [0.25, 0.3) is 11.3 Å². The van der Waals surface area contributed by atoms with E-state index in [1.807, 2.05) is 30.3 Å². The first-order valence-electron chi connectivity index (χ1n) is 7.31. The van der Waals surface area contributed by atoms with Gasteiger partial charge in [-0.3, -0.25) is 9.59 Å². The maximum absolute atomic E-state index is 12.1. The van der Waals surface area contributed by atoms with Crippen molar-refractivity contribution in [1.82, 2.24) is 10.3 Å². The summed E-state index contributed by atoms with van der Waals surface area (Å²) >= 11 is 0. The topological polar surface area (TPSA) is 82.2 Å². The van der Waals surface area contributed by atoms with Crippen LogP contribution >= 0.6 is 0 Å². The number of amides is 1. The molecule has 0 bridgehead atoms. The van der Waals surface area contributed by atoms with Gasteiger partial charge in [0, 0.05) is 17.7 Å². The number of H-pyrrole nitrogens is 1. The van der Waals surface area contributed by atoms with Gasteiger partial charge in [-0.05, 0) is 30.5 Å². The Morgan fingerprint density at radius 2 is 1.91 bits per heavy atom. The van der Waals surface area contributed by atoms with Crippen molar-refractivity contribution in [1.29, 1.82) is 0 Å². The molecule has 0 atom stereocenters. The number of rotatable bonds is 5. The number of carbonyl (C=O) groups excluding carboxylic acids is 1. The number of aliphatic hydroxyl groups excluding tert-OH is 1. The number of aliphatic hydroxyl groups is 1. The van der Waals surface area contributed by atoms with Crippen molar-refractivity contribution in [2.75, 3.05) is 13.2 Å². The van der Waals surface area contributed by atoms with E-state index in [2.05, 4.69) is 10.3 Å². The number of nitrogens with one attached hydrogen (secondary N) is 2. The summed E-state index contributed by atoms with van der Waals surface area (Å²) in [5.74, 6) is -0.402. The van der Waals surface area contributed by atoms with Gasteiger partial charge in [0.1, 0.15) is 5.56 Å². The summed E-state index contributed by atoms with van der Waals surface area (Å²) in [7, 11) is 0. The number of hydrogen-bond acceptors (Lipinski definition) is 3. The van der Waals surface area contributed by atoms with Gasteiger partial charge >= 0.3 is 0 Å². The van der Waals surface area contributed by atoms with Gasteiger partial charge < -0.3 is 15.4 Å². The highest BCUT2D eigenvalue weighted by Gasteiger charge is 2.42. The molecular weight excluding hydrogens is 280 g/mol. The van der Waals surface area contributed by atoms with E-state index in [-0.39, 0.29) is 17.6 Å². The Bertz CT molecular complexity index is 733. The Balaban J connectivity index is 1.75. The molecule has 3 rings (SSSR count). The van der Waals surface area contributed by atoms with Crippen molar-refractivity contribution < 1.29 is 9.90 Å². The summed E-state index contributed by atoms with van der Waals surface area (Å²) in [5.41, 5.74) is 1.08. The zero-order valence-electron chi connectivity index (χ0n) is 12.1. The van der Waals surface area contributed by atoms with Crippen molar-refractivity contribution in [3.8, 4) is 11.3 Å². The minimum absolute atomic E-state index is 0.0661. The van der Waals surface area contributed by atoms with Crippen LogP contribution < -0.4 is 10.9 Å². The van der Waals surface area contributed by atoms with Gasteiger partial charge in [0.2, 0.25) is 0 Å². The van der Waals surface area contributed by atoms with Gasteiger partial charge in [-0.15, -0.1) is 0 Å². The highest BCUT2D eigenvalue weighted by molar-refractivity contribution is 5.94. The molecule has 1 aromatic heterocycles. The maximum atomic E-state index is 12.1. The summed E-state index contributed by atoms with van der Waals surface area (Å²) in [6, 6.07) is 12.7. The van der Waals surface area contributed by atoms with Gasteiger partial charge in [-0.1, -0.05) is 30.3 Å². The van der Waals surface area contributed by atoms with E-state index in [0.717, 1.165) is 18.4 Å². The van der Waals surface area contributed by atoms with Gasteiger partial charge in [0.15, 0.2) is 0 Å². The molecule has 0 saturated heterocycles. The van der Waals surface area contributed by atoms with E-state index >= 15 is 0 Å². The highest BCUT2D eigenvalue weighted by atomic mass is 16.3. The van der Waals surface area contributed by atoms with Crippen LogP contribution in [0.3, 0.4) is 0 Å². The molecule has 1 aromatic carbocycles. The molecule has 2 aromatic rings. The zero-order valence-corrected chi connectivity index (χ0v) is 12.1. The third kappa shape index (κ3) is 2.94. The molecule has 22 heavy (non-hydrogen) atoms. The monoisotopic (exact) mass is 298 g/mol. The Hall–Kier alpha value is -2.40. The van der Waals surface area contributed by atoms with E-state index in [4.69, 9.17) is 0 Å².